The van der Waals surface area contributed by atoms with E-state index in [0.717, 1.165) is 16.1 Å². The first-order valence-corrected chi connectivity index (χ1v) is 8.43. The summed E-state index contributed by atoms with van der Waals surface area (Å²) >= 11 is 0. The third-order valence-electron chi connectivity index (χ3n) is 3.50. The minimum Gasteiger partial charge on any atom is -0.376 e. The Balaban J connectivity index is 1.93. The van der Waals surface area contributed by atoms with Gasteiger partial charge in [0.05, 0.1) is 25.4 Å². The number of ether oxygens (including phenoxy) is 1. The molecule has 5 nitrogen and oxygen atoms in total. The Morgan fingerprint density at radius 1 is 1.52 bits per heavy atom. The number of nitrogens with zero attached hydrogens (tertiary/aromatic N) is 2. The molecule has 0 radical (unpaired) electrons. The van der Waals surface area contributed by atoms with Crippen LogP contribution >= 0.6 is 0 Å². The van der Waals surface area contributed by atoms with Gasteiger partial charge in [0.25, 0.3) is 5.92 Å². The molecule has 1 aliphatic heterocycles. The van der Waals surface area contributed by atoms with E-state index in [9.17, 15) is 17.2 Å². The Morgan fingerprint density at radius 2 is 2.29 bits per heavy atom. The van der Waals surface area contributed by atoms with E-state index in [4.69, 9.17) is 4.74 Å². The van der Waals surface area contributed by atoms with E-state index < -0.39 is 28.3 Å². The van der Waals surface area contributed by atoms with Gasteiger partial charge in [-0.25, -0.2) is 21.5 Å². The van der Waals surface area contributed by atoms with Gasteiger partial charge in [-0.05, 0) is 11.6 Å². The Bertz CT molecular complexity index is 566. The average Bonchev–Trinajstić information content (AvgIpc) is 2.40. The molecule has 0 spiro atoms. The highest BCUT2D eigenvalue weighted by atomic mass is 32.2. The lowest BCUT2D eigenvalue weighted by Crippen LogP contribution is -2.50. The van der Waals surface area contributed by atoms with Crippen LogP contribution in [0.5, 0.6) is 0 Å². The van der Waals surface area contributed by atoms with Crippen molar-refractivity contribution in [1.82, 2.24) is 9.29 Å². The van der Waals surface area contributed by atoms with Gasteiger partial charge in [0.15, 0.2) is 0 Å². The number of sulfonamides is 1. The molecule has 0 amide bonds. The largest absolute Gasteiger partial charge is 0.376 e. The third kappa shape index (κ3) is 4.42. The van der Waals surface area contributed by atoms with Gasteiger partial charge in [-0.1, -0.05) is 6.07 Å². The van der Waals surface area contributed by atoms with Crippen molar-refractivity contribution in [3.8, 4) is 0 Å². The maximum Gasteiger partial charge on any atom is 0.255 e. The lowest BCUT2D eigenvalue weighted by molar-refractivity contribution is -0.118. The second-order valence-electron chi connectivity index (χ2n) is 5.21. The molecule has 0 saturated carbocycles. The van der Waals surface area contributed by atoms with Crippen LogP contribution in [0.25, 0.3) is 0 Å². The van der Waals surface area contributed by atoms with Crippen molar-refractivity contribution < 1.29 is 21.9 Å². The fraction of sp³-hybridized carbons (Fsp3) is 0.615. The van der Waals surface area contributed by atoms with Gasteiger partial charge >= 0.3 is 0 Å². The Hall–Kier alpha value is -1.12. The van der Waals surface area contributed by atoms with Crippen LogP contribution in [0.15, 0.2) is 24.5 Å². The predicted octanol–water partition coefficient (Wildman–Crippen LogP) is 1.52. The molecule has 0 bridgehead atoms. The van der Waals surface area contributed by atoms with Crippen LogP contribution in [0.1, 0.15) is 12.0 Å². The predicted molar refractivity (Wildman–Crippen MR) is 73.4 cm³/mol. The monoisotopic (exact) mass is 320 g/mol. The van der Waals surface area contributed by atoms with E-state index in [1.807, 2.05) is 0 Å². The number of hydrogen-bond acceptors (Lipinski definition) is 4. The van der Waals surface area contributed by atoms with Crippen LogP contribution in [-0.4, -0.2) is 49.6 Å². The van der Waals surface area contributed by atoms with E-state index in [2.05, 4.69) is 4.98 Å². The summed E-state index contributed by atoms with van der Waals surface area (Å²) in [4.78, 5) is 3.91. The molecule has 2 heterocycles. The first-order chi connectivity index (χ1) is 9.79. The number of piperidine rings is 1. The van der Waals surface area contributed by atoms with Crippen molar-refractivity contribution in [2.24, 2.45) is 5.92 Å². The molecule has 1 fully saturated rings. The molecule has 1 saturated heterocycles. The minimum atomic E-state index is -3.45. The fourth-order valence-corrected chi connectivity index (χ4v) is 3.10. The highest BCUT2D eigenvalue weighted by Gasteiger charge is 2.45. The van der Waals surface area contributed by atoms with Crippen LogP contribution in [-0.2, 0) is 21.4 Å². The van der Waals surface area contributed by atoms with Crippen molar-refractivity contribution >= 4 is 10.0 Å². The SMILES string of the molecule is CS(=O)(=O)N1CCC(F)(F)C(COCc2cccnc2)C1. The highest BCUT2D eigenvalue weighted by molar-refractivity contribution is 7.88. The molecule has 1 atom stereocenters. The summed E-state index contributed by atoms with van der Waals surface area (Å²) < 4.78 is 57.0. The molecular weight excluding hydrogens is 302 g/mol. The van der Waals surface area contributed by atoms with E-state index >= 15 is 0 Å². The van der Waals surface area contributed by atoms with Gasteiger partial charge in [-0.2, -0.15) is 0 Å². The van der Waals surface area contributed by atoms with Gasteiger partial charge in [0.1, 0.15) is 0 Å². The fourth-order valence-electron chi connectivity index (χ4n) is 2.23. The van der Waals surface area contributed by atoms with Gasteiger partial charge in [-0.3, -0.25) is 4.98 Å². The van der Waals surface area contributed by atoms with Crippen molar-refractivity contribution in [2.75, 3.05) is 26.0 Å². The quantitative estimate of drug-likeness (QED) is 0.825. The lowest BCUT2D eigenvalue weighted by Gasteiger charge is -2.36. The normalized spacial score (nSPS) is 23.1. The van der Waals surface area contributed by atoms with E-state index in [-0.39, 0.29) is 26.3 Å². The van der Waals surface area contributed by atoms with E-state index in [1.54, 1.807) is 24.5 Å². The van der Waals surface area contributed by atoms with Gasteiger partial charge in [-0.15, -0.1) is 0 Å². The maximum atomic E-state index is 13.8. The standard InChI is InChI=1S/C13H18F2N2O3S/c1-21(18,19)17-6-4-13(14,15)12(8-17)10-20-9-11-3-2-5-16-7-11/h2-3,5,7,12H,4,6,8-10H2,1H3. The number of rotatable bonds is 5. The molecule has 2 rings (SSSR count). The van der Waals surface area contributed by atoms with Crippen molar-refractivity contribution in [2.45, 2.75) is 19.0 Å². The summed E-state index contributed by atoms with van der Waals surface area (Å²) in [5, 5.41) is 0. The number of alkyl halides is 2. The summed E-state index contributed by atoms with van der Waals surface area (Å²) in [6.45, 7) is -0.364. The van der Waals surface area contributed by atoms with Crippen molar-refractivity contribution in [3.05, 3.63) is 30.1 Å². The zero-order valence-corrected chi connectivity index (χ0v) is 12.5. The first-order valence-electron chi connectivity index (χ1n) is 6.58. The molecule has 1 aromatic heterocycles. The number of hydrogen-bond donors (Lipinski definition) is 0. The van der Waals surface area contributed by atoms with Gasteiger partial charge < -0.3 is 4.74 Å². The molecule has 21 heavy (non-hydrogen) atoms. The Kier molecular flexibility index (Phi) is 4.90. The molecule has 118 valence electrons. The van der Waals surface area contributed by atoms with Crippen LogP contribution in [0.4, 0.5) is 8.78 Å². The van der Waals surface area contributed by atoms with Gasteiger partial charge in [0, 0.05) is 31.9 Å². The lowest BCUT2D eigenvalue weighted by atomic mass is 9.96. The zero-order valence-electron chi connectivity index (χ0n) is 11.7. The molecule has 1 aliphatic rings. The summed E-state index contributed by atoms with van der Waals surface area (Å²) in [5.41, 5.74) is 0.789. The number of pyridine rings is 1. The van der Waals surface area contributed by atoms with Gasteiger partial charge in [0.2, 0.25) is 10.0 Å². The topological polar surface area (TPSA) is 59.5 Å². The van der Waals surface area contributed by atoms with Crippen molar-refractivity contribution in [1.29, 1.82) is 0 Å². The van der Waals surface area contributed by atoms with E-state index in [1.165, 1.54) is 0 Å². The van der Waals surface area contributed by atoms with Crippen LogP contribution in [0.2, 0.25) is 0 Å². The molecular formula is C13H18F2N2O3S. The zero-order chi connectivity index (χ0) is 15.5. The molecule has 1 unspecified atom stereocenters. The Labute approximate surface area is 123 Å². The van der Waals surface area contributed by atoms with Crippen molar-refractivity contribution in [3.63, 3.8) is 0 Å². The molecule has 8 heteroatoms. The summed E-state index contributed by atoms with van der Waals surface area (Å²) in [7, 11) is -3.45. The molecule has 0 aliphatic carbocycles. The molecule has 1 aromatic rings. The molecule has 0 N–H and O–H groups in total. The minimum absolute atomic E-state index is 0.148. The Morgan fingerprint density at radius 3 is 2.90 bits per heavy atom. The number of halogens is 2. The van der Waals surface area contributed by atoms with Crippen LogP contribution < -0.4 is 0 Å². The third-order valence-corrected chi connectivity index (χ3v) is 4.77. The second kappa shape index (κ2) is 6.33. The molecule has 0 aromatic carbocycles. The highest BCUT2D eigenvalue weighted by Crippen LogP contribution is 2.34. The summed E-state index contributed by atoms with van der Waals surface area (Å²) in [6.07, 6.45) is 3.77. The second-order valence-corrected chi connectivity index (χ2v) is 7.19. The van der Waals surface area contributed by atoms with Crippen LogP contribution in [0, 0.1) is 5.92 Å². The number of aromatic nitrogens is 1. The average molecular weight is 320 g/mol. The smallest absolute Gasteiger partial charge is 0.255 e. The summed E-state index contributed by atoms with van der Waals surface area (Å²) in [6, 6.07) is 3.52. The van der Waals surface area contributed by atoms with Crippen LogP contribution in [0.3, 0.4) is 0 Å². The maximum absolute atomic E-state index is 13.8. The first kappa shape index (κ1) is 16.3. The summed E-state index contributed by atoms with van der Waals surface area (Å²) in [5.74, 6) is -4.03. The van der Waals surface area contributed by atoms with E-state index in [0.29, 0.717) is 0 Å².